The molecule has 0 bridgehead atoms. The van der Waals surface area contributed by atoms with Crippen LogP contribution in [0.4, 0.5) is 0 Å². The summed E-state index contributed by atoms with van der Waals surface area (Å²) in [6.45, 7) is 7.99. The number of nitrogens with zero attached hydrogens (tertiary/aromatic N) is 2. The molecule has 0 unspecified atom stereocenters. The quantitative estimate of drug-likeness (QED) is 0.842. The predicted molar refractivity (Wildman–Crippen MR) is 79.6 cm³/mol. The third-order valence-corrected chi connectivity index (χ3v) is 3.85. The van der Waals surface area contributed by atoms with Crippen LogP contribution >= 0.6 is 0 Å². The highest BCUT2D eigenvalue weighted by molar-refractivity contribution is 5.83. The Balaban J connectivity index is 1.75. The number of carbonyl (C=O) groups excluding carboxylic acids is 2. The molecular weight excluding hydrogens is 268 g/mol. The average molecular weight is 292 g/mol. The van der Waals surface area contributed by atoms with Gasteiger partial charge in [0, 0.05) is 31.7 Å². The van der Waals surface area contributed by atoms with Crippen molar-refractivity contribution < 1.29 is 9.59 Å². The minimum Gasteiger partial charge on any atom is -0.355 e. The Morgan fingerprint density at radius 2 is 2.33 bits per heavy atom. The van der Waals surface area contributed by atoms with E-state index < -0.39 is 0 Å². The highest BCUT2D eigenvalue weighted by Crippen LogP contribution is 2.11. The van der Waals surface area contributed by atoms with Crippen LogP contribution in [0.2, 0.25) is 0 Å². The monoisotopic (exact) mass is 292 g/mol. The highest BCUT2D eigenvalue weighted by atomic mass is 16.2. The summed E-state index contributed by atoms with van der Waals surface area (Å²) in [5.74, 6) is 0.292. The standard InChI is InChI=1S/C15H24N4O2/c1-10(9-19-12(3)6-11(2)18-19)7-17-15(21)13-4-5-14(20)16-8-13/h6,10,13H,4-5,7-9H2,1-3H3,(H,16,20)(H,17,21)/t10-,13-/m0/s1. The predicted octanol–water partition coefficient (Wildman–Crippen LogP) is 0.778. The van der Waals surface area contributed by atoms with Crippen LogP contribution in [0, 0.1) is 25.7 Å². The number of amides is 2. The Hall–Kier alpha value is -1.85. The molecule has 2 atom stereocenters. The second kappa shape index (κ2) is 6.74. The average Bonchev–Trinajstić information content (AvgIpc) is 2.75. The lowest BCUT2D eigenvalue weighted by molar-refractivity contribution is -0.129. The number of aromatic nitrogens is 2. The molecule has 6 nitrogen and oxygen atoms in total. The maximum absolute atomic E-state index is 12.0. The molecule has 2 heterocycles. The number of piperidine rings is 1. The van der Waals surface area contributed by atoms with Gasteiger partial charge in [-0.2, -0.15) is 5.10 Å². The third-order valence-electron chi connectivity index (χ3n) is 3.85. The van der Waals surface area contributed by atoms with E-state index >= 15 is 0 Å². The first-order valence-corrected chi connectivity index (χ1v) is 7.51. The second-order valence-electron chi connectivity index (χ2n) is 6.00. The minimum atomic E-state index is -0.0939. The van der Waals surface area contributed by atoms with Gasteiger partial charge in [-0.3, -0.25) is 14.3 Å². The first-order valence-electron chi connectivity index (χ1n) is 7.51. The van der Waals surface area contributed by atoms with Crippen molar-refractivity contribution in [3.8, 4) is 0 Å². The van der Waals surface area contributed by atoms with E-state index in [1.807, 2.05) is 18.5 Å². The molecule has 1 saturated heterocycles. The summed E-state index contributed by atoms with van der Waals surface area (Å²) in [6, 6.07) is 2.05. The molecule has 2 rings (SSSR count). The lowest BCUT2D eigenvalue weighted by Gasteiger charge is -2.22. The van der Waals surface area contributed by atoms with Crippen LogP contribution < -0.4 is 10.6 Å². The van der Waals surface area contributed by atoms with Gasteiger partial charge in [0.1, 0.15) is 0 Å². The Labute approximate surface area is 125 Å². The number of hydrogen-bond acceptors (Lipinski definition) is 3. The van der Waals surface area contributed by atoms with Gasteiger partial charge in [0.2, 0.25) is 11.8 Å². The second-order valence-corrected chi connectivity index (χ2v) is 6.00. The Morgan fingerprint density at radius 3 is 2.90 bits per heavy atom. The largest absolute Gasteiger partial charge is 0.355 e. The highest BCUT2D eigenvalue weighted by Gasteiger charge is 2.24. The van der Waals surface area contributed by atoms with E-state index in [0.717, 1.165) is 17.9 Å². The van der Waals surface area contributed by atoms with Crippen LogP contribution in [0.1, 0.15) is 31.2 Å². The maximum atomic E-state index is 12.0. The summed E-state index contributed by atoms with van der Waals surface area (Å²) in [5, 5.41) is 10.2. The van der Waals surface area contributed by atoms with Gasteiger partial charge in [0.05, 0.1) is 11.6 Å². The summed E-state index contributed by atoms with van der Waals surface area (Å²) >= 11 is 0. The van der Waals surface area contributed by atoms with Crippen molar-refractivity contribution in [1.82, 2.24) is 20.4 Å². The molecule has 1 aliphatic rings. The fourth-order valence-corrected chi connectivity index (χ4v) is 2.60. The van der Waals surface area contributed by atoms with Gasteiger partial charge in [-0.25, -0.2) is 0 Å². The van der Waals surface area contributed by atoms with E-state index in [0.29, 0.717) is 31.8 Å². The molecule has 0 aliphatic carbocycles. The summed E-state index contributed by atoms with van der Waals surface area (Å²) in [6.07, 6.45) is 1.09. The Bertz CT molecular complexity index is 514. The first-order chi connectivity index (χ1) is 9.95. The van der Waals surface area contributed by atoms with E-state index in [4.69, 9.17) is 0 Å². The Morgan fingerprint density at radius 1 is 1.57 bits per heavy atom. The molecule has 0 saturated carbocycles. The van der Waals surface area contributed by atoms with Crippen LogP contribution in [0.3, 0.4) is 0 Å². The van der Waals surface area contributed by atoms with E-state index in [1.165, 1.54) is 0 Å². The molecule has 1 aromatic rings. The molecule has 0 spiro atoms. The van der Waals surface area contributed by atoms with Gasteiger partial charge in [-0.15, -0.1) is 0 Å². The molecule has 1 fully saturated rings. The van der Waals surface area contributed by atoms with Gasteiger partial charge in [0.25, 0.3) is 0 Å². The first kappa shape index (κ1) is 15.5. The molecule has 0 radical (unpaired) electrons. The van der Waals surface area contributed by atoms with E-state index in [-0.39, 0.29) is 17.7 Å². The van der Waals surface area contributed by atoms with Crippen LogP contribution in [0.15, 0.2) is 6.07 Å². The molecule has 2 N–H and O–H groups in total. The molecule has 2 amide bonds. The molecule has 6 heteroatoms. The molecule has 21 heavy (non-hydrogen) atoms. The minimum absolute atomic E-state index is 0.0372. The fraction of sp³-hybridized carbons (Fsp3) is 0.667. The third kappa shape index (κ3) is 4.31. The van der Waals surface area contributed by atoms with Gasteiger partial charge in [-0.1, -0.05) is 6.92 Å². The van der Waals surface area contributed by atoms with Crippen molar-refractivity contribution in [1.29, 1.82) is 0 Å². The van der Waals surface area contributed by atoms with Gasteiger partial charge in [0.15, 0.2) is 0 Å². The summed E-state index contributed by atoms with van der Waals surface area (Å²) < 4.78 is 1.98. The smallest absolute Gasteiger partial charge is 0.224 e. The van der Waals surface area contributed by atoms with E-state index in [1.54, 1.807) is 0 Å². The summed E-state index contributed by atoms with van der Waals surface area (Å²) in [5.41, 5.74) is 2.15. The van der Waals surface area contributed by atoms with Crippen LogP contribution in [0.25, 0.3) is 0 Å². The summed E-state index contributed by atoms with van der Waals surface area (Å²) in [7, 11) is 0. The zero-order valence-corrected chi connectivity index (χ0v) is 13.0. The van der Waals surface area contributed by atoms with Crippen molar-refractivity contribution in [2.75, 3.05) is 13.1 Å². The van der Waals surface area contributed by atoms with E-state index in [9.17, 15) is 9.59 Å². The van der Waals surface area contributed by atoms with Crippen molar-refractivity contribution in [2.45, 2.75) is 40.2 Å². The van der Waals surface area contributed by atoms with Gasteiger partial charge >= 0.3 is 0 Å². The molecule has 1 aliphatic heterocycles. The summed E-state index contributed by atoms with van der Waals surface area (Å²) in [4.78, 5) is 23.1. The number of rotatable bonds is 5. The maximum Gasteiger partial charge on any atom is 0.224 e. The fourth-order valence-electron chi connectivity index (χ4n) is 2.60. The van der Waals surface area contributed by atoms with Crippen molar-refractivity contribution in [2.24, 2.45) is 11.8 Å². The van der Waals surface area contributed by atoms with Gasteiger partial charge in [-0.05, 0) is 32.3 Å². The van der Waals surface area contributed by atoms with Crippen molar-refractivity contribution in [3.63, 3.8) is 0 Å². The zero-order chi connectivity index (χ0) is 15.4. The van der Waals surface area contributed by atoms with Crippen LogP contribution in [0.5, 0.6) is 0 Å². The molecule has 1 aromatic heterocycles. The molecule has 116 valence electrons. The van der Waals surface area contributed by atoms with E-state index in [2.05, 4.69) is 28.7 Å². The normalized spacial score (nSPS) is 20.0. The number of nitrogens with one attached hydrogen (secondary N) is 2. The number of hydrogen-bond donors (Lipinski definition) is 2. The van der Waals surface area contributed by atoms with Crippen molar-refractivity contribution >= 4 is 11.8 Å². The Kier molecular flexibility index (Phi) is 4.98. The van der Waals surface area contributed by atoms with Crippen LogP contribution in [-0.2, 0) is 16.1 Å². The zero-order valence-electron chi connectivity index (χ0n) is 13.0. The topological polar surface area (TPSA) is 76.0 Å². The van der Waals surface area contributed by atoms with Gasteiger partial charge < -0.3 is 10.6 Å². The SMILES string of the molecule is Cc1cc(C)n(C[C@@H](C)CNC(=O)[C@H]2CCC(=O)NC2)n1. The lowest BCUT2D eigenvalue weighted by Crippen LogP contribution is -2.44. The number of carbonyl (C=O) groups is 2. The van der Waals surface area contributed by atoms with Crippen molar-refractivity contribution in [3.05, 3.63) is 17.5 Å². The molecule has 0 aromatic carbocycles. The van der Waals surface area contributed by atoms with Crippen LogP contribution in [-0.4, -0.2) is 34.7 Å². The number of aryl methyl sites for hydroxylation is 2. The lowest BCUT2D eigenvalue weighted by atomic mass is 9.98. The molecular formula is C15H24N4O2.